The average Bonchev–Trinajstić information content (AvgIpc) is 3.43. The molecule has 47 heavy (non-hydrogen) atoms. The molecule has 5 rings (SSSR count). The van der Waals surface area contributed by atoms with Crippen molar-refractivity contribution in [1.82, 2.24) is 25.5 Å². The molecular formula is C35H48ClN7O3Si. The summed E-state index contributed by atoms with van der Waals surface area (Å²) in [6.45, 7) is 14.4. The maximum absolute atomic E-state index is 12.4. The predicted octanol–water partition coefficient (Wildman–Crippen LogP) is 8.24. The highest BCUT2D eigenvalue weighted by Gasteiger charge is 2.30. The van der Waals surface area contributed by atoms with E-state index in [9.17, 15) is 4.79 Å². The van der Waals surface area contributed by atoms with Crippen LogP contribution < -0.4 is 15.5 Å². The molecule has 12 heteroatoms. The summed E-state index contributed by atoms with van der Waals surface area (Å²) in [7, 11) is -1.24. The first-order valence-electron chi connectivity index (χ1n) is 16.5. The lowest BCUT2D eigenvalue weighted by atomic mass is 9.90. The van der Waals surface area contributed by atoms with Gasteiger partial charge in [0.05, 0.1) is 11.1 Å². The highest BCUT2D eigenvalue weighted by Crippen LogP contribution is 2.31. The third-order valence-electron chi connectivity index (χ3n) is 8.23. The van der Waals surface area contributed by atoms with Gasteiger partial charge in [-0.2, -0.15) is 10.1 Å². The predicted molar refractivity (Wildman–Crippen MR) is 193 cm³/mol. The number of hydrogen-bond acceptors (Lipinski definition) is 8. The molecule has 0 unspecified atom stereocenters. The number of amides is 1. The molecule has 252 valence electrons. The topological polar surface area (TPSA) is 117 Å². The van der Waals surface area contributed by atoms with E-state index in [1.807, 2.05) is 69.4 Å². The minimum atomic E-state index is -1.24. The molecule has 1 fully saturated rings. The van der Waals surface area contributed by atoms with Gasteiger partial charge in [0, 0.05) is 55.8 Å². The Balaban J connectivity index is 1.30. The van der Waals surface area contributed by atoms with Crippen molar-refractivity contribution < 1.29 is 14.3 Å². The van der Waals surface area contributed by atoms with Crippen molar-refractivity contribution in [2.45, 2.75) is 96.4 Å². The Morgan fingerprint density at radius 2 is 1.85 bits per heavy atom. The van der Waals surface area contributed by atoms with Crippen molar-refractivity contribution in [2.24, 2.45) is 0 Å². The number of nitrogens with zero attached hydrogens (tertiary/aromatic N) is 4. The van der Waals surface area contributed by atoms with Gasteiger partial charge in [-0.05, 0) is 76.3 Å². The molecule has 1 aliphatic rings. The number of rotatable bonds is 12. The van der Waals surface area contributed by atoms with Crippen LogP contribution in [0.25, 0.3) is 22.3 Å². The van der Waals surface area contributed by atoms with Gasteiger partial charge in [-0.15, -0.1) is 0 Å². The Kier molecular flexibility index (Phi) is 11.1. The maximum Gasteiger partial charge on any atom is 0.407 e. The second-order valence-corrected chi connectivity index (χ2v) is 20.5. The molecule has 0 atom stereocenters. The van der Waals surface area contributed by atoms with Crippen LogP contribution in [-0.4, -0.2) is 65.4 Å². The fraction of sp³-hybridized carbons (Fsp3) is 0.486. The van der Waals surface area contributed by atoms with Crippen molar-refractivity contribution in [3.63, 3.8) is 0 Å². The SMILES string of the molecule is CC(C)(C)OC(=O)NC1CCC(N(COCC[Si](C)(C)C)c2ncc3c(-c4cccc(NCc5ccccc5Cl)c4)[nH]nc3n2)CC1. The normalized spacial score (nSPS) is 17.0. The number of aromatic nitrogens is 4. The first kappa shape index (κ1) is 34.7. The summed E-state index contributed by atoms with van der Waals surface area (Å²) >= 11 is 6.35. The fourth-order valence-electron chi connectivity index (χ4n) is 5.65. The van der Waals surface area contributed by atoms with Crippen molar-refractivity contribution >= 4 is 48.4 Å². The monoisotopic (exact) mass is 677 g/mol. The number of hydrogen-bond donors (Lipinski definition) is 3. The summed E-state index contributed by atoms with van der Waals surface area (Å²) in [6.07, 6.45) is 4.91. The number of halogens is 1. The number of benzene rings is 2. The Labute approximate surface area is 284 Å². The molecule has 0 bridgehead atoms. The van der Waals surface area contributed by atoms with E-state index < -0.39 is 13.7 Å². The largest absolute Gasteiger partial charge is 0.444 e. The van der Waals surface area contributed by atoms with Gasteiger partial charge in [0.1, 0.15) is 12.3 Å². The quantitative estimate of drug-likeness (QED) is 0.0780. The number of aromatic amines is 1. The van der Waals surface area contributed by atoms with E-state index in [1.165, 1.54) is 0 Å². The van der Waals surface area contributed by atoms with E-state index in [0.29, 0.717) is 31.5 Å². The number of H-pyrrole nitrogens is 1. The molecule has 4 aromatic rings. The molecular weight excluding hydrogens is 630 g/mol. The van der Waals surface area contributed by atoms with Gasteiger partial charge < -0.3 is 25.0 Å². The molecule has 1 aliphatic carbocycles. The van der Waals surface area contributed by atoms with Gasteiger partial charge in [-0.1, -0.05) is 61.6 Å². The number of carbonyl (C=O) groups is 1. The number of anilines is 2. The lowest BCUT2D eigenvalue weighted by molar-refractivity contribution is 0.0488. The van der Waals surface area contributed by atoms with E-state index in [-0.39, 0.29) is 18.2 Å². The smallest absolute Gasteiger partial charge is 0.407 e. The number of nitrogens with one attached hydrogen (secondary N) is 3. The Morgan fingerprint density at radius 1 is 1.09 bits per heavy atom. The highest BCUT2D eigenvalue weighted by molar-refractivity contribution is 6.76. The molecule has 3 N–H and O–H groups in total. The number of carbonyl (C=O) groups excluding carboxylic acids is 1. The molecule has 0 aliphatic heterocycles. The minimum Gasteiger partial charge on any atom is -0.444 e. The lowest BCUT2D eigenvalue weighted by Crippen LogP contribution is -2.46. The van der Waals surface area contributed by atoms with Gasteiger partial charge >= 0.3 is 6.09 Å². The van der Waals surface area contributed by atoms with Crippen LogP contribution in [0.3, 0.4) is 0 Å². The van der Waals surface area contributed by atoms with Crippen LogP contribution in [-0.2, 0) is 16.0 Å². The van der Waals surface area contributed by atoms with Crippen molar-refractivity contribution in [1.29, 1.82) is 0 Å². The molecule has 2 heterocycles. The molecule has 10 nitrogen and oxygen atoms in total. The zero-order chi connectivity index (χ0) is 33.6. The second kappa shape index (κ2) is 15.0. The van der Waals surface area contributed by atoms with Gasteiger partial charge in [-0.3, -0.25) is 5.10 Å². The van der Waals surface area contributed by atoms with Crippen LogP contribution >= 0.6 is 11.6 Å². The molecule has 2 aromatic heterocycles. The van der Waals surface area contributed by atoms with Gasteiger partial charge in [0.2, 0.25) is 5.95 Å². The first-order valence-corrected chi connectivity index (χ1v) is 20.6. The zero-order valence-corrected chi connectivity index (χ0v) is 30.2. The highest BCUT2D eigenvalue weighted by atomic mass is 35.5. The van der Waals surface area contributed by atoms with Gasteiger partial charge in [-0.25, -0.2) is 9.78 Å². The fourth-order valence-corrected chi connectivity index (χ4v) is 6.61. The van der Waals surface area contributed by atoms with E-state index in [0.717, 1.165) is 64.6 Å². The summed E-state index contributed by atoms with van der Waals surface area (Å²) in [5.74, 6) is 0.599. The minimum absolute atomic E-state index is 0.0722. The number of alkyl carbamates (subject to hydrolysis) is 1. The third-order valence-corrected chi connectivity index (χ3v) is 10.3. The number of ether oxygens (including phenoxy) is 2. The summed E-state index contributed by atoms with van der Waals surface area (Å²) in [4.78, 5) is 24.3. The Hall–Kier alpha value is -3.67. The van der Waals surface area contributed by atoms with Crippen LogP contribution in [0.4, 0.5) is 16.4 Å². The summed E-state index contributed by atoms with van der Waals surface area (Å²) in [5.41, 5.74) is 3.93. The molecule has 1 amide bonds. The first-order chi connectivity index (χ1) is 22.3. The molecule has 1 saturated carbocycles. The van der Waals surface area contributed by atoms with Gasteiger partial charge in [0.25, 0.3) is 0 Å². The van der Waals surface area contributed by atoms with E-state index in [4.69, 9.17) is 31.0 Å². The van der Waals surface area contributed by atoms with Crippen molar-refractivity contribution in [2.75, 3.05) is 23.6 Å². The maximum atomic E-state index is 12.4. The second-order valence-electron chi connectivity index (χ2n) is 14.5. The van der Waals surface area contributed by atoms with E-state index in [2.05, 4.69) is 51.4 Å². The van der Waals surface area contributed by atoms with Crippen LogP contribution in [0, 0.1) is 0 Å². The van der Waals surface area contributed by atoms with Gasteiger partial charge in [0.15, 0.2) is 5.65 Å². The lowest BCUT2D eigenvalue weighted by Gasteiger charge is -2.37. The number of fused-ring (bicyclic) bond motifs is 1. The summed E-state index contributed by atoms with van der Waals surface area (Å²) in [6, 6.07) is 17.3. The zero-order valence-electron chi connectivity index (χ0n) is 28.4. The summed E-state index contributed by atoms with van der Waals surface area (Å²) in [5, 5.41) is 15.9. The average molecular weight is 678 g/mol. The molecule has 2 aromatic carbocycles. The van der Waals surface area contributed by atoms with Crippen LogP contribution in [0.2, 0.25) is 30.7 Å². The van der Waals surface area contributed by atoms with Crippen molar-refractivity contribution in [3.8, 4) is 11.3 Å². The van der Waals surface area contributed by atoms with Crippen molar-refractivity contribution in [3.05, 3.63) is 65.3 Å². The Bertz CT molecular complexity index is 1640. The molecule has 0 spiro atoms. The Morgan fingerprint density at radius 3 is 2.57 bits per heavy atom. The summed E-state index contributed by atoms with van der Waals surface area (Å²) < 4.78 is 11.7. The molecule has 0 saturated heterocycles. The van der Waals surface area contributed by atoms with Crippen LogP contribution in [0.15, 0.2) is 54.7 Å². The van der Waals surface area contributed by atoms with Crippen LogP contribution in [0.5, 0.6) is 0 Å². The van der Waals surface area contributed by atoms with Crippen LogP contribution in [0.1, 0.15) is 52.0 Å². The third kappa shape index (κ3) is 9.91. The van der Waals surface area contributed by atoms with E-state index >= 15 is 0 Å². The van der Waals surface area contributed by atoms with E-state index in [1.54, 1.807) is 0 Å². The molecule has 0 radical (unpaired) electrons. The standard InChI is InChI=1S/C35H48ClN7O3Si/c1-35(2,3)46-34(44)39-26-14-16-28(17-15-26)43(23-45-18-19-47(4,5)6)33-38-22-29-31(41-42-32(29)40-33)24-11-9-12-27(20-24)37-21-25-10-7-8-13-30(25)36/h7-13,20,22,26,28,37H,14-19,21,23H2,1-6H3,(H,39,44)(H,38,40,41,42).